The fourth-order valence-electron chi connectivity index (χ4n) is 5.72. The molecule has 0 saturated carbocycles. The molecule has 2 N–H and O–H groups in total. The molecule has 46 heavy (non-hydrogen) atoms. The molecule has 1 aromatic carbocycles. The third-order valence-corrected chi connectivity index (χ3v) is 8.22. The van der Waals surface area contributed by atoms with Gasteiger partial charge in [0.1, 0.15) is 24.9 Å². The van der Waals surface area contributed by atoms with E-state index in [1.54, 1.807) is 39.6 Å². The Bertz CT molecular complexity index is 1370. The average molecular weight is 642 g/mol. The van der Waals surface area contributed by atoms with Crippen LogP contribution in [0.5, 0.6) is 11.5 Å². The maximum atomic E-state index is 13.8. The Morgan fingerprint density at radius 1 is 1.11 bits per heavy atom. The molecule has 1 saturated heterocycles. The Hall–Kier alpha value is -4.20. The first-order valence-corrected chi connectivity index (χ1v) is 16.0. The third kappa shape index (κ3) is 8.95. The van der Waals surface area contributed by atoms with Gasteiger partial charge in [-0.1, -0.05) is 13.8 Å². The molecule has 0 aliphatic carbocycles. The largest absolute Gasteiger partial charge is 0.493 e. The standard InChI is InChI=1S/C32H47N7O7/c1-6-45-20-28(41)37-14-10-23(11-15-37)32(43)38-13-7-12-33-31(42)24-8-9-25(44-5)26(18-24)46-17-16-39-30(34-22(4)36-39)29(21(2)3)35-27(40)19-38/h8-9,18,21,23,29H,6-7,10-17,19-20H2,1-5H3,(H,33,42)(H,35,40)/t29-/m0/s1. The van der Waals surface area contributed by atoms with Gasteiger partial charge in [-0.15, -0.1) is 0 Å². The van der Waals surface area contributed by atoms with E-state index in [9.17, 15) is 19.2 Å². The molecule has 2 aromatic rings. The first-order chi connectivity index (χ1) is 22.1. The highest BCUT2D eigenvalue weighted by molar-refractivity contribution is 5.95. The van der Waals surface area contributed by atoms with Crippen molar-refractivity contribution in [3.05, 3.63) is 35.4 Å². The highest BCUT2D eigenvalue weighted by atomic mass is 16.5. The molecule has 2 aliphatic rings. The van der Waals surface area contributed by atoms with Gasteiger partial charge in [0.15, 0.2) is 11.5 Å². The van der Waals surface area contributed by atoms with E-state index in [1.165, 1.54) is 7.11 Å². The molecule has 4 amide bonds. The fraction of sp³-hybridized carbons (Fsp3) is 0.625. The van der Waals surface area contributed by atoms with Crippen LogP contribution in [0.4, 0.5) is 0 Å². The number of likely N-dealkylation sites (tertiary alicyclic amines) is 1. The number of nitrogens with one attached hydrogen (secondary N) is 2. The number of piperidine rings is 1. The second-order valence-corrected chi connectivity index (χ2v) is 11.9. The number of methoxy groups -OCH3 is 1. The van der Waals surface area contributed by atoms with E-state index in [0.717, 1.165) is 0 Å². The highest BCUT2D eigenvalue weighted by Gasteiger charge is 2.32. The summed E-state index contributed by atoms with van der Waals surface area (Å²) >= 11 is 0. The van der Waals surface area contributed by atoms with Gasteiger partial charge in [0.25, 0.3) is 5.91 Å². The van der Waals surface area contributed by atoms with Crippen LogP contribution in [0.3, 0.4) is 0 Å². The number of fused-ring (bicyclic) bond motifs is 3. The quantitative estimate of drug-likeness (QED) is 0.479. The van der Waals surface area contributed by atoms with Crippen molar-refractivity contribution < 1.29 is 33.4 Å². The molecule has 0 spiro atoms. The maximum absolute atomic E-state index is 13.8. The van der Waals surface area contributed by atoms with Gasteiger partial charge in [0.2, 0.25) is 17.7 Å². The molecule has 14 heteroatoms. The van der Waals surface area contributed by atoms with Crippen LogP contribution in [0.15, 0.2) is 18.2 Å². The van der Waals surface area contributed by atoms with Crippen LogP contribution in [0, 0.1) is 18.8 Å². The summed E-state index contributed by atoms with van der Waals surface area (Å²) in [4.78, 5) is 60.7. The van der Waals surface area contributed by atoms with Crippen molar-refractivity contribution in [1.29, 1.82) is 0 Å². The summed E-state index contributed by atoms with van der Waals surface area (Å²) in [5.41, 5.74) is 0.409. The number of carbonyl (C=O) groups is 4. The summed E-state index contributed by atoms with van der Waals surface area (Å²) in [5, 5.41) is 10.5. The van der Waals surface area contributed by atoms with Crippen molar-refractivity contribution in [2.75, 3.05) is 59.7 Å². The van der Waals surface area contributed by atoms with Gasteiger partial charge in [0.05, 0.1) is 26.2 Å². The summed E-state index contributed by atoms with van der Waals surface area (Å²) in [6, 6.07) is 4.54. The van der Waals surface area contributed by atoms with Crippen LogP contribution in [-0.2, 0) is 25.7 Å². The number of hydrogen-bond donors (Lipinski definition) is 2. The number of amides is 4. The SMILES string of the molecule is CCOCC(=O)N1CCC(C(=O)N2CCCNC(=O)c3ccc(OC)c(c3)OCCn3nc(C)nc3[C@H](C(C)C)NC(=O)C2)CC1. The van der Waals surface area contributed by atoms with Gasteiger partial charge in [-0.2, -0.15) is 5.10 Å². The monoisotopic (exact) mass is 641 g/mol. The van der Waals surface area contributed by atoms with E-state index in [0.29, 0.717) is 80.8 Å². The van der Waals surface area contributed by atoms with E-state index in [2.05, 4.69) is 20.7 Å². The predicted molar refractivity (Wildman–Crippen MR) is 168 cm³/mol. The molecule has 0 unspecified atom stereocenters. The number of carbonyl (C=O) groups excluding carboxylic acids is 4. The first kappa shape index (κ1) is 34.7. The highest BCUT2D eigenvalue weighted by Crippen LogP contribution is 2.29. The zero-order valence-electron chi connectivity index (χ0n) is 27.5. The van der Waals surface area contributed by atoms with Crippen LogP contribution in [0.25, 0.3) is 0 Å². The molecular formula is C32H47N7O7. The van der Waals surface area contributed by atoms with Crippen molar-refractivity contribution in [3.63, 3.8) is 0 Å². The second kappa shape index (κ2) is 16.4. The molecule has 252 valence electrons. The third-order valence-electron chi connectivity index (χ3n) is 8.22. The summed E-state index contributed by atoms with van der Waals surface area (Å²) in [7, 11) is 1.54. The van der Waals surface area contributed by atoms with Crippen LogP contribution in [0.1, 0.15) is 68.1 Å². The van der Waals surface area contributed by atoms with Gasteiger partial charge in [-0.25, -0.2) is 9.67 Å². The van der Waals surface area contributed by atoms with Gasteiger partial charge in [0, 0.05) is 44.3 Å². The Labute approximate surface area is 270 Å². The molecule has 3 heterocycles. The molecule has 4 rings (SSSR count). The smallest absolute Gasteiger partial charge is 0.251 e. The van der Waals surface area contributed by atoms with Gasteiger partial charge in [-0.05, 0) is 57.2 Å². The Kier molecular flexibility index (Phi) is 12.4. The van der Waals surface area contributed by atoms with Gasteiger partial charge < -0.3 is 34.6 Å². The molecule has 1 aromatic heterocycles. The predicted octanol–water partition coefficient (Wildman–Crippen LogP) is 1.72. The van der Waals surface area contributed by atoms with Crippen LogP contribution in [-0.4, -0.2) is 108 Å². The van der Waals surface area contributed by atoms with E-state index in [-0.39, 0.29) is 61.8 Å². The fourth-order valence-corrected chi connectivity index (χ4v) is 5.72. The van der Waals surface area contributed by atoms with Crippen molar-refractivity contribution in [2.45, 2.75) is 59.5 Å². The van der Waals surface area contributed by atoms with Crippen molar-refractivity contribution in [2.24, 2.45) is 11.8 Å². The van der Waals surface area contributed by atoms with Crippen molar-refractivity contribution >= 4 is 23.6 Å². The number of aryl methyl sites for hydroxylation is 1. The van der Waals surface area contributed by atoms with E-state index in [4.69, 9.17) is 14.2 Å². The zero-order valence-corrected chi connectivity index (χ0v) is 27.5. The Morgan fingerprint density at radius 2 is 1.87 bits per heavy atom. The van der Waals surface area contributed by atoms with E-state index in [1.807, 2.05) is 20.8 Å². The summed E-state index contributed by atoms with van der Waals surface area (Å²) in [5.74, 6) is 0.896. The molecular weight excluding hydrogens is 594 g/mol. The lowest BCUT2D eigenvalue weighted by molar-refractivity contribution is -0.144. The average Bonchev–Trinajstić information content (AvgIpc) is 3.42. The number of aromatic nitrogens is 3. The maximum Gasteiger partial charge on any atom is 0.251 e. The van der Waals surface area contributed by atoms with E-state index >= 15 is 0 Å². The summed E-state index contributed by atoms with van der Waals surface area (Å²) in [6.07, 6.45) is 1.45. The number of benzene rings is 1. The number of rotatable bonds is 6. The molecule has 2 bridgehead atoms. The Balaban J connectivity index is 1.55. The summed E-state index contributed by atoms with van der Waals surface area (Å²) < 4.78 is 18.4. The first-order valence-electron chi connectivity index (χ1n) is 16.0. The van der Waals surface area contributed by atoms with Crippen LogP contribution in [0.2, 0.25) is 0 Å². The zero-order chi connectivity index (χ0) is 33.2. The number of ether oxygens (including phenoxy) is 3. The molecule has 14 nitrogen and oxygen atoms in total. The van der Waals surface area contributed by atoms with Crippen molar-refractivity contribution in [1.82, 2.24) is 35.2 Å². The lowest BCUT2D eigenvalue weighted by atomic mass is 9.95. The molecule has 2 aliphatic heterocycles. The molecule has 0 radical (unpaired) electrons. The minimum absolute atomic E-state index is 0.0208. The number of nitrogens with zero attached hydrogens (tertiary/aromatic N) is 5. The van der Waals surface area contributed by atoms with Crippen LogP contribution >= 0.6 is 0 Å². The topological polar surface area (TPSA) is 157 Å². The van der Waals surface area contributed by atoms with Crippen LogP contribution < -0.4 is 20.1 Å². The number of hydrogen-bond acceptors (Lipinski definition) is 9. The molecule has 1 atom stereocenters. The van der Waals surface area contributed by atoms with Gasteiger partial charge in [-0.3, -0.25) is 19.2 Å². The summed E-state index contributed by atoms with van der Waals surface area (Å²) in [6.45, 7) is 9.99. The van der Waals surface area contributed by atoms with Crippen molar-refractivity contribution in [3.8, 4) is 11.5 Å². The molecule has 1 fully saturated rings. The lowest BCUT2D eigenvalue weighted by Gasteiger charge is -2.34. The van der Waals surface area contributed by atoms with E-state index < -0.39 is 6.04 Å². The normalized spacial score (nSPS) is 19.0. The minimum atomic E-state index is -0.457. The lowest BCUT2D eigenvalue weighted by Crippen LogP contribution is -2.49. The minimum Gasteiger partial charge on any atom is -0.493 e. The van der Waals surface area contributed by atoms with Gasteiger partial charge >= 0.3 is 0 Å². The second-order valence-electron chi connectivity index (χ2n) is 11.9. The Morgan fingerprint density at radius 3 is 2.57 bits per heavy atom.